The van der Waals surface area contributed by atoms with Gasteiger partial charge >= 0.3 is 0 Å². The predicted octanol–water partition coefficient (Wildman–Crippen LogP) is 2.90. The summed E-state index contributed by atoms with van der Waals surface area (Å²) in [6.45, 7) is 4.41. The van der Waals surface area contributed by atoms with Crippen LogP contribution in [0.5, 0.6) is 5.75 Å². The van der Waals surface area contributed by atoms with Crippen LogP contribution in [-0.4, -0.2) is 20.3 Å². The number of hydrogen-bond acceptors (Lipinski definition) is 7. The molecule has 0 fully saturated rings. The maximum Gasteiger partial charge on any atom is 0.251 e. The number of para-hydroxylation sites is 1. The molecule has 2 heterocycles. The van der Waals surface area contributed by atoms with Gasteiger partial charge in [0.25, 0.3) is 5.89 Å². The molecule has 0 aliphatic rings. The van der Waals surface area contributed by atoms with Crippen LogP contribution in [0.25, 0.3) is 11.5 Å². The van der Waals surface area contributed by atoms with Crippen molar-refractivity contribution in [3.8, 4) is 17.2 Å². The highest BCUT2D eigenvalue weighted by Crippen LogP contribution is 2.28. The van der Waals surface area contributed by atoms with Crippen LogP contribution in [0.1, 0.15) is 25.6 Å². The zero-order valence-corrected chi connectivity index (χ0v) is 12.4. The van der Waals surface area contributed by atoms with Gasteiger partial charge in [0.1, 0.15) is 5.75 Å². The molecule has 3 aromatic rings. The number of benzene rings is 1. The Morgan fingerprint density at radius 2 is 2.09 bits per heavy atom. The van der Waals surface area contributed by atoms with E-state index in [1.807, 2.05) is 24.3 Å². The molecule has 7 nitrogen and oxygen atoms in total. The van der Waals surface area contributed by atoms with Crippen molar-refractivity contribution in [3.05, 3.63) is 42.4 Å². The number of aromatic nitrogens is 4. The SMILES string of the molecule is CC(C)Cc1nc(COc2ccccc2-c2nnco2)no1. The van der Waals surface area contributed by atoms with Gasteiger partial charge in [-0.05, 0) is 18.1 Å². The molecule has 0 bridgehead atoms. The lowest BCUT2D eigenvalue weighted by Gasteiger charge is -2.06. The molecule has 3 rings (SSSR count). The Balaban J connectivity index is 1.71. The van der Waals surface area contributed by atoms with Gasteiger partial charge in [0, 0.05) is 6.42 Å². The third-order valence-corrected chi connectivity index (χ3v) is 2.93. The first kappa shape index (κ1) is 14.2. The zero-order chi connectivity index (χ0) is 15.4. The molecule has 0 spiro atoms. The van der Waals surface area contributed by atoms with Crippen LogP contribution < -0.4 is 4.74 Å². The van der Waals surface area contributed by atoms with Crippen molar-refractivity contribution in [1.82, 2.24) is 20.3 Å². The molecule has 0 saturated carbocycles. The minimum atomic E-state index is 0.215. The highest BCUT2D eigenvalue weighted by atomic mass is 16.5. The summed E-state index contributed by atoms with van der Waals surface area (Å²) in [7, 11) is 0. The number of ether oxygens (including phenoxy) is 1. The molecule has 7 heteroatoms. The first-order valence-electron chi connectivity index (χ1n) is 7.02. The van der Waals surface area contributed by atoms with Gasteiger partial charge in [-0.3, -0.25) is 0 Å². The summed E-state index contributed by atoms with van der Waals surface area (Å²) in [5.41, 5.74) is 0.728. The zero-order valence-electron chi connectivity index (χ0n) is 12.4. The Kier molecular flexibility index (Phi) is 4.13. The van der Waals surface area contributed by atoms with Crippen molar-refractivity contribution in [2.75, 3.05) is 0 Å². The Morgan fingerprint density at radius 1 is 1.23 bits per heavy atom. The molecule has 1 aromatic carbocycles. The second-order valence-corrected chi connectivity index (χ2v) is 5.23. The number of nitrogens with zero attached hydrogens (tertiary/aromatic N) is 4. The smallest absolute Gasteiger partial charge is 0.251 e. The molecule has 22 heavy (non-hydrogen) atoms. The van der Waals surface area contributed by atoms with Gasteiger partial charge in [0.15, 0.2) is 6.61 Å². The van der Waals surface area contributed by atoms with Gasteiger partial charge in [0.05, 0.1) is 5.56 Å². The molecule has 114 valence electrons. The largest absolute Gasteiger partial charge is 0.485 e. The summed E-state index contributed by atoms with van der Waals surface area (Å²) in [5, 5.41) is 11.5. The van der Waals surface area contributed by atoms with Crippen molar-refractivity contribution in [1.29, 1.82) is 0 Å². The molecule has 0 amide bonds. The van der Waals surface area contributed by atoms with E-state index in [2.05, 4.69) is 34.2 Å². The van der Waals surface area contributed by atoms with Crippen molar-refractivity contribution in [2.24, 2.45) is 5.92 Å². The summed E-state index contributed by atoms with van der Waals surface area (Å²) < 4.78 is 16.1. The maximum atomic E-state index is 5.75. The molecule has 2 aromatic heterocycles. The Hall–Kier alpha value is -2.70. The van der Waals surface area contributed by atoms with E-state index in [-0.39, 0.29) is 6.61 Å². The van der Waals surface area contributed by atoms with Gasteiger partial charge in [0.2, 0.25) is 18.1 Å². The van der Waals surface area contributed by atoms with E-state index in [4.69, 9.17) is 13.7 Å². The molecular formula is C15H16N4O3. The summed E-state index contributed by atoms with van der Waals surface area (Å²) >= 11 is 0. The van der Waals surface area contributed by atoms with E-state index in [9.17, 15) is 0 Å². The van der Waals surface area contributed by atoms with E-state index in [0.717, 1.165) is 12.0 Å². The predicted molar refractivity (Wildman–Crippen MR) is 76.9 cm³/mol. The molecule has 0 N–H and O–H groups in total. The Labute approximate surface area is 127 Å². The summed E-state index contributed by atoms with van der Waals surface area (Å²) in [6.07, 6.45) is 2.04. The second kappa shape index (κ2) is 6.38. The minimum Gasteiger partial charge on any atom is -0.485 e. The number of hydrogen-bond donors (Lipinski definition) is 0. The number of rotatable bonds is 6. The molecular weight excluding hydrogens is 284 g/mol. The van der Waals surface area contributed by atoms with Gasteiger partial charge in [-0.2, -0.15) is 4.98 Å². The third kappa shape index (κ3) is 3.30. The van der Waals surface area contributed by atoms with Crippen molar-refractivity contribution in [3.63, 3.8) is 0 Å². The highest BCUT2D eigenvalue weighted by Gasteiger charge is 2.13. The first-order valence-corrected chi connectivity index (χ1v) is 7.02. The molecule has 0 radical (unpaired) electrons. The first-order chi connectivity index (χ1) is 10.7. The fraction of sp³-hybridized carbons (Fsp3) is 0.333. The lowest BCUT2D eigenvalue weighted by molar-refractivity contribution is 0.285. The normalized spacial score (nSPS) is 11.0. The monoisotopic (exact) mass is 300 g/mol. The van der Waals surface area contributed by atoms with E-state index >= 15 is 0 Å². The van der Waals surface area contributed by atoms with Gasteiger partial charge in [-0.25, -0.2) is 0 Å². The van der Waals surface area contributed by atoms with Crippen LogP contribution in [0.4, 0.5) is 0 Å². The maximum absolute atomic E-state index is 5.75. The summed E-state index contributed by atoms with van der Waals surface area (Å²) in [4.78, 5) is 4.30. The van der Waals surface area contributed by atoms with E-state index < -0.39 is 0 Å². The Bertz CT molecular complexity index is 722. The molecule has 0 saturated heterocycles. The molecule has 0 atom stereocenters. The van der Waals surface area contributed by atoms with Crippen LogP contribution in [0.2, 0.25) is 0 Å². The van der Waals surface area contributed by atoms with Crippen LogP contribution in [0.3, 0.4) is 0 Å². The fourth-order valence-electron chi connectivity index (χ4n) is 1.98. The lowest BCUT2D eigenvalue weighted by atomic mass is 10.1. The average Bonchev–Trinajstić information content (AvgIpc) is 3.16. The minimum absolute atomic E-state index is 0.215. The molecule has 0 aliphatic carbocycles. The lowest BCUT2D eigenvalue weighted by Crippen LogP contribution is -2.00. The van der Waals surface area contributed by atoms with E-state index in [1.165, 1.54) is 6.39 Å². The standard InChI is InChI=1S/C15H16N4O3/c1-10(2)7-14-17-13(19-22-14)8-20-12-6-4-3-5-11(12)15-18-16-9-21-15/h3-6,9-10H,7-8H2,1-2H3. The van der Waals surface area contributed by atoms with Crippen LogP contribution in [0, 0.1) is 5.92 Å². The fourth-order valence-corrected chi connectivity index (χ4v) is 1.98. The second-order valence-electron chi connectivity index (χ2n) is 5.23. The van der Waals surface area contributed by atoms with Crippen LogP contribution in [-0.2, 0) is 13.0 Å². The van der Waals surface area contributed by atoms with E-state index in [1.54, 1.807) is 0 Å². The van der Waals surface area contributed by atoms with Crippen LogP contribution >= 0.6 is 0 Å². The van der Waals surface area contributed by atoms with Gasteiger partial charge < -0.3 is 13.7 Å². The van der Waals surface area contributed by atoms with Crippen LogP contribution in [0.15, 0.2) is 39.6 Å². The van der Waals surface area contributed by atoms with Gasteiger partial charge in [-0.15, -0.1) is 10.2 Å². The summed E-state index contributed by atoms with van der Waals surface area (Å²) in [6, 6.07) is 7.43. The van der Waals surface area contributed by atoms with Crippen molar-refractivity contribution in [2.45, 2.75) is 26.9 Å². The van der Waals surface area contributed by atoms with Gasteiger partial charge in [-0.1, -0.05) is 31.1 Å². The Morgan fingerprint density at radius 3 is 2.86 bits per heavy atom. The van der Waals surface area contributed by atoms with Crippen molar-refractivity contribution >= 4 is 0 Å². The topological polar surface area (TPSA) is 87.1 Å². The molecule has 0 unspecified atom stereocenters. The highest BCUT2D eigenvalue weighted by molar-refractivity contribution is 5.61. The third-order valence-electron chi connectivity index (χ3n) is 2.93. The molecule has 0 aliphatic heterocycles. The van der Waals surface area contributed by atoms with E-state index in [0.29, 0.717) is 29.3 Å². The van der Waals surface area contributed by atoms with Crippen molar-refractivity contribution < 1.29 is 13.7 Å². The summed E-state index contributed by atoms with van der Waals surface area (Å²) in [5.74, 6) is 2.63. The average molecular weight is 300 g/mol. The quantitative estimate of drug-likeness (QED) is 0.691.